The molecule has 0 amide bonds. The molecule has 0 fully saturated rings. The Morgan fingerprint density at radius 3 is 0.874 bits per heavy atom. The third kappa shape index (κ3) is 61.3. The minimum atomic E-state index is -4.95. The molecule has 3 unspecified atom stereocenters. The van der Waals surface area contributed by atoms with Gasteiger partial charge in [0.2, 0.25) is 0 Å². The maximum atomic E-state index is 13.0. The average molecular weight is 1280 g/mol. The molecular formula is C68H132O17P2. The van der Waals surface area contributed by atoms with Crippen LogP contribution >= 0.6 is 15.6 Å². The van der Waals surface area contributed by atoms with Crippen molar-refractivity contribution in [3.8, 4) is 0 Å². The molecule has 3 N–H and O–H groups in total. The van der Waals surface area contributed by atoms with E-state index in [4.69, 9.17) is 37.0 Å². The number of phosphoric acid groups is 2. The van der Waals surface area contributed by atoms with E-state index in [9.17, 15) is 43.2 Å². The predicted molar refractivity (Wildman–Crippen MR) is 349 cm³/mol. The SMILES string of the molecule is CCCCCCCCCCCCC(=O)O[C@H](COC(=O)CCCCCCCCC(C)C)COP(=O)(O)OC[C@H](O)COP(=O)(O)OC[C@@H](COC(=O)CCCCCCCCCCCCC(C)CC)OC(=O)CCCCCCCCCCCCCC(C)C. The lowest BCUT2D eigenvalue weighted by atomic mass is 9.99. The van der Waals surface area contributed by atoms with Gasteiger partial charge in [-0.3, -0.25) is 37.3 Å². The number of carbonyl (C=O) groups excluding carboxylic acids is 4. The lowest BCUT2D eigenvalue weighted by molar-refractivity contribution is -0.161. The van der Waals surface area contributed by atoms with Crippen LogP contribution in [0, 0.1) is 17.8 Å². The van der Waals surface area contributed by atoms with Crippen molar-refractivity contribution in [3.05, 3.63) is 0 Å². The minimum Gasteiger partial charge on any atom is -0.462 e. The second kappa shape index (κ2) is 59.1. The molecule has 0 aromatic heterocycles. The van der Waals surface area contributed by atoms with Crippen LogP contribution in [0.1, 0.15) is 337 Å². The number of esters is 4. The molecule has 0 saturated carbocycles. The molecule has 6 atom stereocenters. The summed E-state index contributed by atoms with van der Waals surface area (Å²) in [5, 5.41) is 10.6. The van der Waals surface area contributed by atoms with Crippen molar-refractivity contribution in [1.29, 1.82) is 0 Å². The first kappa shape index (κ1) is 85.1. The maximum absolute atomic E-state index is 13.0. The smallest absolute Gasteiger partial charge is 0.462 e. The number of rotatable bonds is 66. The molecule has 0 rings (SSSR count). The zero-order chi connectivity index (χ0) is 64.5. The van der Waals surface area contributed by atoms with Crippen LogP contribution in [0.5, 0.6) is 0 Å². The summed E-state index contributed by atoms with van der Waals surface area (Å²) in [5.74, 6) is 0.124. The minimum absolute atomic E-state index is 0.105. The summed E-state index contributed by atoms with van der Waals surface area (Å²) in [5.41, 5.74) is 0. The van der Waals surface area contributed by atoms with E-state index < -0.39 is 97.5 Å². The van der Waals surface area contributed by atoms with Gasteiger partial charge in [0.05, 0.1) is 26.4 Å². The highest BCUT2D eigenvalue weighted by Crippen LogP contribution is 2.45. The summed E-state index contributed by atoms with van der Waals surface area (Å²) in [6, 6.07) is 0. The molecule has 0 aliphatic heterocycles. The third-order valence-electron chi connectivity index (χ3n) is 16.0. The Bertz CT molecular complexity index is 1720. The number of unbranched alkanes of at least 4 members (excludes halogenated alkanes) is 33. The Morgan fingerprint density at radius 1 is 0.333 bits per heavy atom. The molecule has 0 radical (unpaired) electrons. The van der Waals surface area contributed by atoms with Gasteiger partial charge >= 0.3 is 39.5 Å². The molecule has 87 heavy (non-hydrogen) atoms. The topological polar surface area (TPSA) is 237 Å². The average Bonchev–Trinajstić information content (AvgIpc) is 3.69. The summed E-state index contributed by atoms with van der Waals surface area (Å²) >= 11 is 0. The molecular weight excluding hydrogens is 1150 g/mol. The van der Waals surface area contributed by atoms with Crippen molar-refractivity contribution in [2.24, 2.45) is 17.8 Å². The van der Waals surface area contributed by atoms with E-state index in [-0.39, 0.29) is 25.7 Å². The fourth-order valence-corrected chi connectivity index (χ4v) is 11.7. The van der Waals surface area contributed by atoms with Crippen molar-refractivity contribution in [1.82, 2.24) is 0 Å². The van der Waals surface area contributed by atoms with Crippen molar-refractivity contribution in [3.63, 3.8) is 0 Å². The van der Waals surface area contributed by atoms with E-state index in [2.05, 4.69) is 48.5 Å². The number of carbonyl (C=O) groups is 4. The van der Waals surface area contributed by atoms with E-state index in [1.165, 1.54) is 141 Å². The van der Waals surface area contributed by atoms with Gasteiger partial charge in [0, 0.05) is 25.7 Å². The highest BCUT2D eigenvalue weighted by molar-refractivity contribution is 7.47. The second-order valence-electron chi connectivity index (χ2n) is 25.8. The monoisotopic (exact) mass is 1280 g/mol. The van der Waals surface area contributed by atoms with E-state index in [0.717, 1.165) is 108 Å². The fraction of sp³-hybridized carbons (Fsp3) is 0.941. The number of aliphatic hydroxyl groups excluding tert-OH is 1. The highest BCUT2D eigenvalue weighted by atomic mass is 31.2. The largest absolute Gasteiger partial charge is 0.472 e. The first-order valence-corrected chi connectivity index (χ1v) is 38.4. The van der Waals surface area contributed by atoms with Gasteiger partial charge in [0.1, 0.15) is 19.3 Å². The summed E-state index contributed by atoms with van der Waals surface area (Å²) in [6.45, 7) is 11.8. The zero-order valence-electron chi connectivity index (χ0n) is 56.5. The Balaban J connectivity index is 5.24. The Kier molecular flexibility index (Phi) is 57.8. The quantitative estimate of drug-likeness (QED) is 0.0222. The number of phosphoric ester groups is 2. The van der Waals surface area contributed by atoms with Gasteiger partial charge in [-0.2, -0.15) is 0 Å². The number of hydrogen-bond donors (Lipinski definition) is 3. The first-order chi connectivity index (χ1) is 41.8. The summed E-state index contributed by atoms with van der Waals surface area (Å²) in [6.07, 6.45) is 41.7. The number of hydrogen-bond acceptors (Lipinski definition) is 15. The van der Waals surface area contributed by atoms with Crippen molar-refractivity contribution in [2.75, 3.05) is 39.6 Å². The molecule has 0 aromatic rings. The highest BCUT2D eigenvalue weighted by Gasteiger charge is 2.30. The van der Waals surface area contributed by atoms with Gasteiger partial charge in [-0.15, -0.1) is 0 Å². The van der Waals surface area contributed by atoms with Gasteiger partial charge in [-0.1, -0.05) is 286 Å². The zero-order valence-corrected chi connectivity index (χ0v) is 58.3. The Morgan fingerprint density at radius 2 is 0.586 bits per heavy atom. The summed E-state index contributed by atoms with van der Waals surface area (Å²) < 4.78 is 68.1. The predicted octanol–water partition coefficient (Wildman–Crippen LogP) is 19.1. The molecule has 17 nitrogen and oxygen atoms in total. The van der Waals surface area contributed by atoms with Gasteiger partial charge in [-0.25, -0.2) is 9.13 Å². The fourth-order valence-electron chi connectivity index (χ4n) is 10.2. The van der Waals surface area contributed by atoms with Gasteiger partial charge in [0.15, 0.2) is 12.2 Å². The van der Waals surface area contributed by atoms with Crippen molar-refractivity contribution >= 4 is 39.5 Å². The van der Waals surface area contributed by atoms with Crippen molar-refractivity contribution in [2.45, 2.75) is 356 Å². The molecule has 0 bridgehead atoms. The van der Waals surface area contributed by atoms with Crippen LogP contribution in [0.2, 0.25) is 0 Å². The molecule has 0 aromatic carbocycles. The van der Waals surface area contributed by atoms with Crippen LogP contribution in [-0.4, -0.2) is 96.7 Å². The van der Waals surface area contributed by atoms with Crippen LogP contribution in [0.25, 0.3) is 0 Å². The Hall–Kier alpha value is -1.94. The van der Waals surface area contributed by atoms with Crippen LogP contribution in [-0.2, 0) is 65.4 Å². The number of aliphatic hydroxyl groups is 1. The normalized spacial score (nSPS) is 14.6. The van der Waals surface area contributed by atoms with Crippen LogP contribution in [0.15, 0.2) is 0 Å². The van der Waals surface area contributed by atoms with Gasteiger partial charge in [0.25, 0.3) is 0 Å². The van der Waals surface area contributed by atoms with E-state index in [1.54, 1.807) is 0 Å². The van der Waals surface area contributed by atoms with Crippen molar-refractivity contribution < 1.29 is 80.2 Å². The molecule has 0 spiro atoms. The van der Waals surface area contributed by atoms with E-state index in [1.807, 2.05) is 0 Å². The van der Waals surface area contributed by atoms with Gasteiger partial charge in [-0.05, 0) is 43.4 Å². The summed E-state index contributed by atoms with van der Waals surface area (Å²) in [4.78, 5) is 72.4. The lowest BCUT2D eigenvalue weighted by Gasteiger charge is -2.21. The van der Waals surface area contributed by atoms with E-state index in [0.29, 0.717) is 31.6 Å². The second-order valence-corrected chi connectivity index (χ2v) is 28.7. The Labute approximate surface area is 530 Å². The molecule has 0 heterocycles. The molecule has 0 aliphatic rings. The maximum Gasteiger partial charge on any atom is 0.472 e. The third-order valence-corrected chi connectivity index (χ3v) is 17.9. The molecule has 0 aliphatic carbocycles. The first-order valence-electron chi connectivity index (χ1n) is 35.4. The standard InChI is InChI=1S/C68H132O17P2/c1-8-10-11-12-13-14-22-28-37-44-51-67(72)85-64(56-79-66(71)50-43-36-31-30-33-40-47-60(5)6)58-83-87(76,77)81-54-62(69)53-80-86(74,75)82-57-63(84-68(73)52-45-38-29-24-17-15-16-20-25-32-39-46-59(3)4)55-78-65(70)49-42-35-27-23-19-18-21-26-34-41-48-61(7)9-2/h59-64,69H,8-58H2,1-7H3,(H,74,75)(H,76,77)/t61?,62-,63-,64-/m1/s1. The van der Waals surface area contributed by atoms with Crippen LogP contribution < -0.4 is 0 Å². The molecule has 19 heteroatoms. The van der Waals surface area contributed by atoms with Crippen LogP contribution in [0.3, 0.4) is 0 Å². The molecule has 516 valence electrons. The van der Waals surface area contributed by atoms with Gasteiger partial charge < -0.3 is 33.8 Å². The van der Waals surface area contributed by atoms with Crippen LogP contribution in [0.4, 0.5) is 0 Å². The van der Waals surface area contributed by atoms with E-state index >= 15 is 0 Å². The summed E-state index contributed by atoms with van der Waals surface area (Å²) in [7, 11) is -9.89. The number of ether oxygens (including phenoxy) is 4. The molecule has 0 saturated heterocycles. The lowest BCUT2D eigenvalue weighted by Crippen LogP contribution is -2.30.